The minimum Gasteiger partial charge on any atom is -0.457 e. The largest absolute Gasteiger partial charge is 0.457 e. The highest BCUT2D eigenvalue weighted by molar-refractivity contribution is 7.85. The van der Waals surface area contributed by atoms with E-state index in [0.29, 0.717) is 23.5 Å². The van der Waals surface area contributed by atoms with Crippen molar-refractivity contribution in [2.24, 2.45) is 0 Å². The number of ether oxygens (including phenoxy) is 1. The number of hydrogen-bond acceptors (Lipinski definition) is 3. The fourth-order valence-corrected chi connectivity index (χ4v) is 3.53. The molecule has 0 spiro atoms. The second-order valence-electron chi connectivity index (χ2n) is 6.18. The van der Waals surface area contributed by atoms with Crippen LogP contribution >= 0.6 is 0 Å². The smallest absolute Gasteiger partial charge is 0.294 e. The van der Waals surface area contributed by atoms with Crippen LogP contribution in [-0.2, 0) is 16.5 Å². The highest BCUT2D eigenvalue weighted by Crippen LogP contribution is 2.27. The number of rotatable bonds is 10. The van der Waals surface area contributed by atoms with E-state index in [1.807, 2.05) is 18.2 Å². The Labute approximate surface area is 150 Å². The maximum atomic E-state index is 11.7. The number of para-hydroxylation sites is 1. The zero-order valence-corrected chi connectivity index (χ0v) is 15.5. The molecule has 1 N–H and O–H groups in total. The fraction of sp³-hybridized carbons (Fsp3) is 0.400. The van der Waals surface area contributed by atoms with Crippen LogP contribution in [0.5, 0.6) is 11.5 Å². The van der Waals surface area contributed by atoms with Crippen LogP contribution in [0.3, 0.4) is 0 Å². The average molecular weight is 362 g/mol. The molecule has 0 heterocycles. The van der Waals surface area contributed by atoms with Crippen LogP contribution in [0.1, 0.15) is 51.0 Å². The Morgan fingerprint density at radius 1 is 0.880 bits per heavy atom. The lowest BCUT2D eigenvalue weighted by Gasteiger charge is -2.11. The summed E-state index contributed by atoms with van der Waals surface area (Å²) in [5.41, 5.74) is 0.637. The van der Waals surface area contributed by atoms with Gasteiger partial charge in [-0.15, -0.1) is 0 Å². The third-order valence-corrected chi connectivity index (χ3v) is 5.03. The molecule has 0 fully saturated rings. The molecule has 5 heteroatoms. The third-order valence-electron chi connectivity index (χ3n) is 4.10. The molecule has 0 radical (unpaired) electrons. The third kappa shape index (κ3) is 6.52. The molecule has 0 amide bonds. The van der Waals surface area contributed by atoms with E-state index >= 15 is 0 Å². The summed E-state index contributed by atoms with van der Waals surface area (Å²) in [5.74, 6) is 1.01. The van der Waals surface area contributed by atoms with Crippen molar-refractivity contribution in [1.29, 1.82) is 0 Å². The van der Waals surface area contributed by atoms with E-state index in [9.17, 15) is 13.0 Å². The highest BCUT2D eigenvalue weighted by atomic mass is 32.2. The van der Waals surface area contributed by atoms with Crippen molar-refractivity contribution in [2.45, 2.75) is 56.8 Å². The number of benzene rings is 2. The zero-order chi connectivity index (χ0) is 18.1. The van der Waals surface area contributed by atoms with E-state index < -0.39 is 10.1 Å². The van der Waals surface area contributed by atoms with Gasteiger partial charge in [0.25, 0.3) is 10.1 Å². The molecule has 0 aliphatic carbocycles. The predicted octanol–water partition coefficient (Wildman–Crippen LogP) is 5.63. The minimum absolute atomic E-state index is 0.0607. The van der Waals surface area contributed by atoms with Crippen molar-refractivity contribution < 1.29 is 17.7 Å². The summed E-state index contributed by atoms with van der Waals surface area (Å²) in [6.07, 6.45) is 7.42. The first-order valence-electron chi connectivity index (χ1n) is 8.84. The van der Waals surface area contributed by atoms with Gasteiger partial charge in [0.2, 0.25) is 0 Å². The molecule has 0 aliphatic rings. The lowest BCUT2D eigenvalue weighted by molar-refractivity contribution is 0.470. The van der Waals surface area contributed by atoms with Gasteiger partial charge in [0.15, 0.2) is 0 Å². The Kier molecular flexibility index (Phi) is 7.47. The van der Waals surface area contributed by atoms with E-state index in [4.69, 9.17) is 4.74 Å². The van der Waals surface area contributed by atoms with Crippen LogP contribution in [0.2, 0.25) is 0 Å². The molecule has 0 aliphatic heterocycles. The summed E-state index contributed by atoms with van der Waals surface area (Å²) in [6, 6.07) is 14.0. The summed E-state index contributed by atoms with van der Waals surface area (Å²) >= 11 is 0. The molecule has 2 rings (SSSR count). The van der Waals surface area contributed by atoms with Crippen molar-refractivity contribution in [1.82, 2.24) is 0 Å². The van der Waals surface area contributed by atoms with Crippen LogP contribution in [0.15, 0.2) is 53.4 Å². The van der Waals surface area contributed by atoms with Gasteiger partial charge in [-0.2, -0.15) is 8.42 Å². The summed E-state index contributed by atoms with van der Waals surface area (Å²) < 4.78 is 38.7. The summed E-state index contributed by atoms with van der Waals surface area (Å²) in [6.45, 7) is 2.18. The molecule has 2 aromatic carbocycles. The highest BCUT2D eigenvalue weighted by Gasteiger charge is 2.16. The molecular formula is C20H26O4S. The van der Waals surface area contributed by atoms with E-state index in [2.05, 4.69) is 6.92 Å². The number of hydrogen-bond donors (Lipinski definition) is 1. The van der Waals surface area contributed by atoms with Gasteiger partial charge in [0.05, 0.1) is 0 Å². The molecule has 0 saturated carbocycles. The monoisotopic (exact) mass is 362 g/mol. The van der Waals surface area contributed by atoms with Crippen molar-refractivity contribution in [3.63, 3.8) is 0 Å². The molecule has 0 aromatic heterocycles. The van der Waals surface area contributed by atoms with Crippen LogP contribution in [0.25, 0.3) is 0 Å². The zero-order valence-electron chi connectivity index (χ0n) is 14.6. The van der Waals surface area contributed by atoms with E-state index in [1.165, 1.54) is 25.3 Å². The Hall–Kier alpha value is -1.85. The van der Waals surface area contributed by atoms with Gasteiger partial charge < -0.3 is 4.74 Å². The van der Waals surface area contributed by atoms with Crippen molar-refractivity contribution >= 4 is 10.1 Å². The molecule has 0 saturated heterocycles. The normalized spacial score (nSPS) is 11.4. The standard InChI is InChI=1S/C20H26O4S/c1-2-3-4-5-6-8-11-17-14-15-19(16-20(17)25(21,22)23)24-18-12-9-7-10-13-18/h7,9-10,12-16H,2-6,8,11H2,1H3,(H,21,22,23). The van der Waals surface area contributed by atoms with Gasteiger partial charge in [-0.3, -0.25) is 4.55 Å². The lowest BCUT2D eigenvalue weighted by Crippen LogP contribution is -2.04. The Bertz CT molecular complexity index is 755. The quantitative estimate of drug-likeness (QED) is 0.439. The first-order chi connectivity index (χ1) is 12.0. The molecule has 0 bridgehead atoms. The topological polar surface area (TPSA) is 63.6 Å². The molecular weight excluding hydrogens is 336 g/mol. The van der Waals surface area contributed by atoms with Gasteiger partial charge in [0, 0.05) is 6.07 Å². The van der Waals surface area contributed by atoms with Crippen LogP contribution in [0.4, 0.5) is 0 Å². The average Bonchev–Trinajstić information content (AvgIpc) is 2.59. The van der Waals surface area contributed by atoms with E-state index in [0.717, 1.165) is 19.3 Å². The van der Waals surface area contributed by atoms with Crippen molar-refractivity contribution in [3.05, 3.63) is 54.1 Å². The van der Waals surface area contributed by atoms with Crippen LogP contribution < -0.4 is 4.74 Å². The molecule has 4 nitrogen and oxygen atoms in total. The maximum Gasteiger partial charge on any atom is 0.294 e. The van der Waals surface area contributed by atoms with Crippen molar-refractivity contribution in [2.75, 3.05) is 0 Å². The SMILES string of the molecule is CCCCCCCCc1ccc(Oc2ccccc2)cc1S(=O)(=O)O. The molecule has 136 valence electrons. The predicted molar refractivity (Wildman–Crippen MR) is 99.9 cm³/mol. The lowest BCUT2D eigenvalue weighted by atomic mass is 10.0. The molecule has 25 heavy (non-hydrogen) atoms. The molecule has 0 atom stereocenters. The molecule has 2 aromatic rings. The van der Waals surface area contributed by atoms with Gasteiger partial charge in [-0.25, -0.2) is 0 Å². The Morgan fingerprint density at radius 2 is 1.56 bits per heavy atom. The first kappa shape index (κ1) is 19.5. The fourth-order valence-electron chi connectivity index (χ4n) is 2.77. The minimum atomic E-state index is -4.28. The first-order valence-corrected chi connectivity index (χ1v) is 10.3. The molecule has 0 unspecified atom stereocenters. The Morgan fingerprint density at radius 3 is 2.24 bits per heavy atom. The van der Waals surface area contributed by atoms with E-state index in [1.54, 1.807) is 24.3 Å². The van der Waals surface area contributed by atoms with Crippen LogP contribution in [0, 0.1) is 0 Å². The number of unbranched alkanes of at least 4 members (excludes halogenated alkanes) is 5. The van der Waals surface area contributed by atoms with Crippen molar-refractivity contribution in [3.8, 4) is 11.5 Å². The summed E-state index contributed by atoms with van der Waals surface area (Å²) in [4.78, 5) is -0.0607. The van der Waals surface area contributed by atoms with Gasteiger partial charge in [0.1, 0.15) is 16.4 Å². The van der Waals surface area contributed by atoms with Gasteiger partial charge >= 0.3 is 0 Å². The van der Waals surface area contributed by atoms with Gasteiger partial charge in [-0.1, -0.05) is 63.3 Å². The maximum absolute atomic E-state index is 11.7. The van der Waals surface area contributed by atoms with E-state index in [-0.39, 0.29) is 4.90 Å². The second-order valence-corrected chi connectivity index (χ2v) is 7.57. The Balaban J connectivity index is 2.07. The number of aryl methyl sites for hydroxylation is 1. The summed E-state index contributed by atoms with van der Waals surface area (Å²) in [7, 11) is -4.28. The van der Waals surface area contributed by atoms with Gasteiger partial charge in [-0.05, 0) is 36.6 Å². The summed E-state index contributed by atoms with van der Waals surface area (Å²) in [5, 5.41) is 0. The second kappa shape index (κ2) is 9.59. The van der Waals surface area contributed by atoms with Crippen LogP contribution in [-0.4, -0.2) is 13.0 Å².